The normalized spacial score (nSPS) is 10.9. The molecule has 0 aliphatic heterocycles. The fourth-order valence-electron chi connectivity index (χ4n) is 2.20. The second kappa shape index (κ2) is 5.57. The van der Waals surface area contributed by atoms with Gasteiger partial charge in [0, 0.05) is 0 Å². The molecule has 4 heteroatoms. The average Bonchev–Trinajstić information content (AvgIpc) is 3.02. The van der Waals surface area contributed by atoms with Crippen molar-refractivity contribution in [3.63, 3.8) is 0 Å². The Bertz CT molecular complexity index is 770. The van der Waals surface area contributed by atoms with Gasteiger partial charge < -0.3 is 0 Å². The van der Waals surface area contributed by atoms with E-state index in [1.165, 1.54) is 14.5 Å². The predicted octanol–water partition coefficient (Wildman–Crippen LogP) is 4.11. The Labute approximate surface area is 127 Å². The maximum atomic E-state index is 12.2. The fourth-order valence-corrected chi connectivity index (χ4v) is 5.61. The van der Waals surface area contributed by atoms with Gasteiger partial charge in [0.2, 0.25) is 0 Å². The summed E-state index contributed by atoms with van der Waals surface area (Å²) in [5.41, 5.74) is 1.08. The van der Waals surface area contributed by atoms with Crippen LogP contribution in [0.25, 0.3) is 20.1 Å². The quantitative estimate of drug-likeness (QED) is 0.525. The molecule has 0 atom stereocenters. The second-order valence-corrected chi connectivity index (χ2v) is 7.93. The number of fused-ring (bicyclic) bond motifs is 1. The van der Waals surface area contributed by atoms with Crippen LogP contribution in [0.4, 0.5) is 0 Å². The zero-order chi connectivity index (χ0) is 14.1. The molecule has 3 rings (SSSR count). The van der Waals surface area contributed by atoms with Crippen LogP contribution in [0.5, 0.6) is 0 Å². The number of benzene rings is 1. The predicted molar refractivity (Wildman–Crippen MR) is 84.9 cm³/mol. The van der Waals surface area contributed by atoms with E-state index in [0.717, 1.165) is 14.9 Å². The van der Waals surface area contributed by atoms with Crippen LogP contribution in [0, 0.1) is 6.92 Å². The first-order valence-corrected chi connectivity index (χ1v) is 8.99. The van der Waals surface area contributed by atoms with Crippen LogP contribution in [-0.2, 0) is 4.74 Å². The number of ether oxygens (including phenoxy) is 1. The number of thiophene rings is 1. The summed E-state index contributed by atoms with van der Waals surface area (Å²) < 4.78 is 7.36. The van der Waals surface area contributed by atoms with Crippen molar-refractivity contribution < 1.29 is 9.53 Å². The van der Waals surface area contributed by atoms with Crippen LogP contribution in [0.15, 0.2) is 36.4 Å². The van der Waals surface area contributed by atoms with Crippen molar-refractivity contribution >= 4 is 41.5 Å². The van der Waals surface area contributed by atoms with Crippen LogP contribution < -0.4 is 0 Å². The van der Waals surface area contributed by atoms with Crippen molar-refractivity contribution in [3.05, 3.63) is 45.7 Å². The standard InChI is InChI=1S/C16H14O2SSe/c1-3-18-16(17)15-14(12-9-8-10(2)19-12)11-6-4-5-7-13(11)20-15/h4-9H,3H2,1-2H3. The number of carbonyl (C=O) groups excluding carboxylic acids is 1. The molecular formula is C16H14O2SSe. The molecule has 20 heavy (non-hydrogen) atoms. The van der Waals surface area contributed by atoms with Gasteiger partial charge in [-0.05, 0) is 0 Å². The van der Waals surface area contributed by atoms with Crippen LogP contribution in [-0.4, -0.2) is 27.1 Å². The number of aryl methyl sites for hydroxylation is 1. The van der Waals surface area contributed by atoms with E-state index in [1.807, 2.05) is 19.1 Å². The van der Waals surface area contributed by atoms with E-state index < -0.39 is 0 Å². The fraction of sp³-hybridized carbons (Fsp3) is 0.188. The van der Waals surface area contributed by atoms with Crippen molar-refractivity contribution in [2.45, 2.75) is 13.8 Å². The number of carbonyl (C=O) groups is 1. The summed E-state index contributed by atoms with van der Waals surface area (Å²) in [7, 11) is 0. The maximum absolute atomic E-state index is 12.2. The van der Waals surface area contributed by atoms with Gasteiger partial charge in [-0.2, -0.15) is 0 Å². The Morgan fingerprint density at radius 2 is 2.05 bits per heavy atom. The van der Waals surface area contributed by atoms with Crippen molar-refractivity contribution in [2.24, 2.45) is 0 Å². The molecule has 0 spiro atoms. The van der Waals surface area contributed by atoms with Crippen molar-refractivity contribution in [2.75, 3.05) is 6.61 Å². The monoisotopic (exact) mass is 350 g/mol. The molecule has 0 radical (unpaired) electrons. The minimum absolute atomic E-state index is 0.0378. The van der Waals surface area contributed by atoms with Crippen molar-refractivity contribution in [3.8, 4) is 10.4 Å². The Hall–Kier alpha value is -1.35. The number of hydrogen-bond donors (Lipinski definition) is 0. The molecule has 0 aliphatic carbocycles. The van der Waals surface area contributed by atoms with Gasteiger partial charge in [-0.3, -0.25) is 0 Å². The molecule has 0 aliphatic rings. The van der Waals surface area contributed by atoms with Gasteiger partial charge in [-0.15, -0.1) is 0 Å². The Balaban J connectivity index is 2.25. The van der Waals surface area contributed by atoms with Crippen LogP contribution >= 0.6 is 11.3 Å². The summed E-state index contributed by atoms with van der Waals surface area (Å²) in [6.45, 7) is 4.36. The first-order chi connectivity index (χ1) is 9.70. The summed E-state index contributed by atoms with van der Waals surface area (Å²) >= 11 is 1.77. The van der Waals surface area contributed by atoms with Crippen molar-refractivity contribution in [1.29, 1.82) is 0 Å². The average molecular weight is 349 g/mol. The summed E-state index contributed by atoms with van der Waals surface area (Å²) in [5, 5.41) is 1.19. The summed E-state index contributed by atoms with van der Waals surface area (Å²) in [6.07, 6.45) is 0. The molecule has 2 nitrogen and oxygen atoms in total. The first kappa shape index (κ1) is 13.6. The molecule has 1 aromatic carbocycles. The van der Waals surface area contributed by atoms with E-state index in [-0.39, 0.29) is 20.5 Å². The van der Waals surface area contributed by atoms with Crippen LogP contribution in [0.1, 0.15) is 21.0 Å². The molecule has 0 amide bonds. The molecule has 0 bridgehead atoms. The summed E-state index contributed by atoms with van der Waals surface area (Å²) in [6, 6.07) is 12.5. The van der Waals surface area contributed by atoms with Gasteiger partial charge in [-0.25, -0.2) is 0 Å². The van der Waals surface area contributed by atoms with E-state index in [0.29, 0.717) is 6.61 Å². The van der Waals surface area contributed by atoms with Gasteiger partial charge in [0.05, 0.1) is 0 Å². The van der Waals surface area contributed by atoms with Crippen LogP contribution in [0.3, 0.4) is 0 Å². The Kier molecular flexibility index (Phi) is 3.79. The second-order valence-electron chi connectivity index (χ2n) is 4.43. The molecule has 0 unspecified atom stereocenters. The summed E-state index contributed by atoms with van der Waals surface area (Å²) in [5.74, 6) is -0.162. The van der Waals surface area contributed by atoms with E-state index in [2.05, 4.69) is 31.2 Å². The molecule has 102 valence electrons. The molecule has 3 aromatic rings. The molecule has 0 saturated carbocycles. The SMILES string of the molecule is CCOC(=O)c1[se]c2ccccc2c1-c1ccc(C)s1. The topological polar surface area (TPSA) is 26.3 Å². The number of esters is 1. The zero-order valence-corrected chi connectivity index (χ0v) is 13.8. The molecule has 2 aromatic heterocycles. The number of hydrogen-bond acceptors (Lipinski definition) is 3. The van der Waals surface area contributed by atoms with Crippen molar-refractivity contribution in [1.82, 2.24) is 0 Å². The number of rotatable bonds is 3. The zero-order valence-electron chi connectivity index (χ0n) is 11.3. The molecule has 2 heterocycles. The van der Waals surface area contributed by atoms with E-state index in [1.54, 1.807) is 11.3 Å². The Morgan fingerprint density at radius 3 is 2.75 bits per heavy atom. The minimum atomic E-state index is -0.162. The van der Waals surface area contributed by atoms with E-state index in [4.69, 9.17) is 4.74 Å². The third-order valence-corrected chi connectivity index (χ3v) is 6.48. The molecular weight excluding hydrogens is 335 g/mol. The molecule has 0 fully saturated rings. The molecule has 0 N–H and O–H groups in total. The van der Waals surface area contributed by atoms with Gasteiger partial charge in [-0.1, -0.05) is 0 Å². The van der Waals surface area contributed by atoms with Gasteiger partial charge in [0.1, 0.15) is 0 Å². The summed E-state index contributed by atoms with van der Waals surface area (Å²) in [4.78, 5) is 14.7. The third kappa shape index (κ3) is 2.35. The van der Waals surface area contributed by atoms with Gasteiger partial charge in [0.15, 0.2) is 0 Å². The Morgan fingerprint density at radius 1 is 1.25 bits per heavy atom. The van der Waals surface area contributed by atoms with E-state index in [9.17, 15) is 4.79 Å². The van der Waals surface area contributed by atoms with Crippen LogP contribution in [0.2, 0.25) is 0 Å². The van der Waals surface area contributed by atoms with E-state index >= 15 is 0 Å². The molecule has 0 saturated heterocycles. The van der Waals surface area contributed by atoms with Gasteiger partial charge in [0.25, 0.3) is 0 Å². The third-order valence-electron chi connectivity index (χ3n) is 3.04. The first-order valence-electron chi connectivity index (χ1n) is 6.46. The van der Waals surface area contributed by atoms with Gasteiger partial charge >= 0.3 is 128 Å².